The third-order valence-electron chi connectivity index (χ3n) is 6.81. The van der Waals surface area contributed by atoms with Crippen molar-refractivity contribution in [2.24, 2.45) is 11.8 Å². The maximum absolute atomic E-state index is 13.1. The zero-order valence-electron chi connectivity index (χ0n) is 16.8. The molecule has 4 saturated heterocycles. The van der Waals surface area contributed by atoms with Crippen LogP contribution in [0.25, 0.3) is 0 Å². The van der Waals surface area contributed by atoms with E-state index in [1.807, 2.05) is 16.7 Å². The summed E-state index contributed by atoms with van der Waals surface area (Å²) in [5.41, 5.74) is 0. The third kappa shape index (κ3) is 3.75. The second kappa shape index (κ2) is 7.82. The molecule has 28 heavy (non-hydrogen) atoms. The highest BCUT2D eigenvalue weighted by Crippen LogP contribution is 2.38. The van der Waals surface area contributed by atoms with Gasteiger partial charge in [-0.25, -0.2) is 13.2 Å². The van der Waals surface area contributed by atoms with Crippen LogP contribution >= 0.6 is 0 Å². The molecule has 8 nitrogen and oxygen atoms in total. The number of fused-ring (bicyclic) bond motifs is 4. The third-order valence-corrected chi connectivity index (χ3v) is 8.89. The molecule has 158 valence electrons. The summed E-state index contributed by atoms with van der Waals surface area (Å²) in [6.45, 7) is 5.78. The van der Waals surface area contributed by atoms with Crippen LogP contribution in [0.1, 0.15) is 39.0 Å². The first-order valence-electron chi connectivity index (χ1n) is 10.7. The van der Waals surface area contributed by atoms with Crippen molar-refractivity contribution in [1.82, 2.24) is 19.0 Å². The van der Waals surface area contributed by atoms with Gasteiger partial charge in [-0.3, -0.25) is 4.79 Å². The Hall–Kier alpha value is -1.35. The van der Waals surface area contributed by atoms with Crippen LogP contribution in [0.5, 0.6) is 0 Å². The first kappa shape index (κ1) is 19.9. The molecule has 4 aliphatic rings. The van der Waals surface area contributed by atoms with Gasteiger partial charge in [-0.1, -0.05) is 6.92 Å². The maximum Gasteiger partial charge on any atom is 0.320 e. The van der Waals surface area contributed by atoms with Crippen molar-refractivity contribution >= 4 is 22.0 Å². The molecule has 4 fully saturated rings. The van der Waals surface area contributed by atoms with E-state index in [0.717, 1.165) is 32.4 Å². The molecular weight excluding hydrogens is 380 g/mol. The van der Waals surface area contributed by atoms with Crippen molar-refractivity contribution in [1.29, 1.82) is 0 Å². The molecule has 9 heteroatoms. The normalized spacial score (nSPS) is 31.7. The highest BCUT2D eigenvalue weighted by atomic mass is 32.2. The first-order valence-corrected chi connectivity index (χ1v) is 12.3. The minimum absolute atomic E-state index is 0.0397. The summed E-state index contributed by atoms with van der Waals surface area (Å²) in [6, 6.07) is 0.335. The van der Waals surface area contributed by atoms with E-state index in [4.69, 9.17) is 0 Å². The summed E-state index contributed by atoms with van der Waals surface area (Å²) in [7, 11) is -3.19. The second-order valence-corrected chi connectivity index (χ2v) is 10.8. The molecular formula is C19H32N4O4S. The molecule has 4 heterocycles. The van der Waals surface area contributed by atoms with E-state index < -0.39 is 10.0 Å². The zero-order valence-corrected chi connectivity index (χ0v) is 17.6. The summed E-state index contributed by atoms with van der Waals surface area (Å²) in [6.07, 6.45) is 4.41. The maximum atomic E-state index is 13.1. The lowest BCUT2D eigenvalue weighted by Crippen LogP contribution is -2.63. The van der Waals surface area contributed by atoms with Gasteiger partial charge in [0, 0.05) is 58.3 Å². The lowest BCUT2D eigenvalue weighted by atomic mass is 9.76. The van der Waals surface area contributed by atoms with Crippen molar-refractivity contribution in [3.63, 3.8) is 0 Å². The topological polar surface area (TPSA) is 81.2 Å². The van der Waals surface area contributed by atoms with E-state index in [-0.39, 0.29) is 17.7 Å². The number of urea groups is 1. The molecule has 3 amide bonds. The zero-order chi connectivity index (χ0) is 19.9. The fourth-order valence-corrected chi connectivity index (χ4v) is 7.00. The number of piperazine rings is 1. The van der Waals surface area contributed by atoms with Gasteiger partial charge in [0.1, 0.15) is 0 Å². The van der Waals surface area contributed by atoms with E-state index in [2.05, 4.69) is 4.90 Å². The molecule has 0 N–H and O–H groups in total. The molecule has 0 aromatic rings. The number of carbonyl (C=O) groups excluding carboxylic acids is 2. The van der Waals surface area contributed by atoms with Crippen LogP contribution < -0.4 is 0 Å². The van der Waals surface area contributed by atoms with Gasteiger partial charge in [-0.2, -0.15) is 4.31 Å². The van der Waals surface area contributed by atoms with Crippen LogP contribution in [0.3, 0.4) is 0 Å². The van der Waals surface area contributed by atoms with Gasteiger partial charge in [0.2, 0.25) is 15.9 Å². The van der Waals surface area contributed by atoms with E-state index in [1.54, 1.807) is 0 Å². The fraction of sp³-hybridized carbons (Fsp3) is 0.895. The van der Waals surface area contributed by atoms with Crippen LogP contribution in [-0.2, 0) is 14.8 Å². The molecule has 4 rings (SSSR count). The first-order chi connectivity index (χ1) is 13.4. The Kier molecular flexibility index (Phi) is 5.57. The van der Waals surface area contributed by atoms with E-state index >= 15 is 0 Å². The van der Waals surface area contributed by atoms with Gasteiger partial charge in [0.25, 0.3) is 0 Å². The number of rotatable bonds is 3. The molecule has 2 bridgehead atoms. The quantitative estimate of drug-likeness (QED) is 0.687. The minimum atomic E-state index is -3.19. The van der Waals surface area contributed by atoms with Crippen molar-refractivity contribution in [2.45, 2.75) is 45.1 Å². The average Bonchev–Trinajstić information content (AvgIpc) is 2.68. The van der Waals surface area contributed by atoms with Crippen LogP contribution in [0, 0.1) is 11.8 Å². The number of hydrogen-bond acceptors (Lipinski definition) is 4. The molecule has 0 aromatic carbocycles. The Bertz CT molecular complexity index is 719. The van der Waals surface area contributed by atoms with Crippen molar-refractivity contribution in [3.05, 3.63) is 0 Å². The summed E-state index contributed by atoms with van der Waals surface area (Å²) in [5, 5.41) is 0. The second-order valence-electron chi connectivity index (χ2n) is 8.76. The SMILES string of the molecule is CCCS(=O)(=O)N1CCN(C(=O)N2C[C@H]3C[C@H](C2)[C@H]2CCCC(=O)N2C3)CC1. The molecule has 0 aliphatic carbocycles. The summed E-state index contributed by atoms with van der Waals surface area (Å²) >= 11 is 0. The Labute approximate surface area is 167 Å². The highest BCUT2D eigenvalue weighted by molar-refractivity contribution is 7.89. The number of amides is 3. The van der Waals surface area contributed by atoms with Gasteiger partial charge >= 0.3 is 6.03 Å². The number of hydrogen-bond donors (Lipinski definition) is 0. The van der Waals surface area contributed by atoms with E-state index in [9.17, 15) is 18.0 Å². The number of piperidine rings is 3. The van der Waals surface area contributed by atoms with Gasteiger partial charge in [0.05, 0.1) is 5.75 Å². The Morgan fingerprint density at radius 1 is 1.07 bits per heavy atom. The predicted octanol–water partition coefficient (Wildman–Crippen LogP) is 0.797. The standard InChI is InChI=1S/C19H32N4O4S/c1-2-10-28(26,27)22-8-6-20(7-9-22)19(25)21-12-15-11-16(14-21)17-4-3-5-18(24)23(17)13-15/h15-17H,2-14H2,1H3/t15-,16-,17-/m1/s1. The van der Waals surface area contributed by atoms with Gasteiger partial charge in [-0.05, 0) is 37.5 Å². The highest BCUT2D eigenvalue weighted by Gasteiger charge is 2.45. The van der Waals surface area contributed by atoms with Crippen LogP contribution in [-0.4, -0.2) is 97.0 Å². The number of sulfonamides is 1. The largest absolute Gasteiger partial charge is 0.339 e. The summed E-state index contributed by atoms with van der Waals surface area (Å²) in [4.78, 5) is 31.2. The Morgan fingerprint density at radius 3 is 2.54 bits per heavy atom. The Balaban J connectivity index is 1.36. The fourth-order valence-electron chi connectivity index (χ4n) is 5.51. The lowest BCUT2D eigenvalue weighted by Gasteiger charge is -2.53. The van der Waals surface area contributed by atoms with Gasteiger partial charge < -0.3 is 14.7 Å². The summed E-state index contributed by atoms with van der Waals surface area (Å²) < 4.78 is 26.0. The van der Waals surface area contributed by atoms with Crippen LogP contribution in [0.2, 0.25) is 0 Å². The monoisotopic (exact) mass is 412 g/mol. The molecule has 0 radical (unpaired) electrons. The van der Waals surface area contributed by atoms with Crippen molar-refractivity contribution < 1.29 is 18.0 Å². The molecule has 0 unspecified atom stereocenters. The van der Waals surface area contributed by atoms with Crippen molar-refractivity contribution in [2.75, 3.05) is 51.6 Å². The minimum Gasteiger partial charge on any atom is -0.339 e. The molecule has 3 atom stereocenters. The molecule has 0 spiro atoms. The Morgan fingerprint density at radius 2 is 1.82 bits per heavy atom. The van der Waals surface area contributed by atoms with Gasteiger partial charge in [-0.15, -0.1) is 0 Å². The summed E-state index contributed by atoms with van der Waals surface area (Å²) in [5.74, 6) is 1.21. The number of nitrogens with zero attached hydrogens (tertiary/aromatic N) is 4. The number of carbonyl (C=O) groups is 2. The van der Waals surface area contributed by atoms with E-state index in [1.165, 1.54) is 4.31 Å². The lowest BCUT2D eigenvalue weighted by molar-refractivity contribution is -0.144. The molecule has 0 saturated carbocycles. The van der Waals surface area contributed by atoms with Crippen molar-refractivity contribution in [3.8, 4) is 0 Å². The smallest absolute Gasteiger partial charge is 0.320 e. The van der Waals surface area contributed by atoms with Crippen LogP contribution in [0.4, 0.5) is 4.79 Å². The molecule has 0 aromatic heterocycles. The van der Waals surface area contributed by atoms with Crippen LogP contribution in [0.15, 0.2) is 0 Å². The average molecular weight is 413 g/mol. The molecule has 4 aliphatic heterocycles. The van der Waals surface area contributed by atoms with E-state index in [0.29, 0.717) is 63.4 Å². The predicted molar refractivity (Wildman–Crippen MR) is 105 cm³/mol. The number of likely N-dealkylation sites (tertiary alicyclic amines) is 1. The van der Waals surface area contributed by atoms with Gasteiger partial charge in [0.15, 0.2) is 0 Å².